The number of carbonyl (C=O) groups excluding carboxylic acids is 2. The van der Waals surface area contributed by atoms with Crippen molar-refractivity contribution in [1.29, 1.82) is 0 Å². The summed E-state index contributed by atoms with van der Waals surface area (Å²) in [6, 6.07) is -1.38. The van der Waals surface area contributed by atoms with Crippen LogP contribution in [0.15, 0.2) is 22.6 Å². The molecule has 2 aromatic heterocycles. The topological polar surface area (TPSA) is 216 Å². The Morgan fingerprint density at radius 1 is 0.838 bits per heavy atom. The second kappa shape index (κ2) is 17.1. The van der Waals surface area contributed by atoms with E-state index < -0.39 is 12.1 Å². The Kier molecular flexibility index (Phi) is 13.8. The maximum Gasteiger partial charge on any atom is 0.318 e. The number of nitrogens with one attached hydrogen (secondary N) is 6. The highest BCUT2D eigenvalue weighted by atomic mass is 32.2. The van der Waals surface area contributed by atoms with Gasteiger partial charge in [0, 0.05) is 47.5 Å². The summed E-state index contributed by atoms with van der Waals surface area (Å²) >= 11 is 3.40. The highest BCUT2D eigenvalue weighted by Crippen LogP contribution is 2.12. The number of carbonyl (C=O) groups is 2. The number of H-pyrrole nitrogens is 2. The molecule has 14 nitrogen and oxygen atoms in total. The van der Waals surface area contributed by atoms with E-state index in [0.717, 1.165) is 45.8 Å². The first-order chi connectivity index (χ1) is 17.8. The predicted octanol–water partition coefficient (Wildman–Crippen LogP) is 0.534. The van der Waals surface area contributed by atoms with Crippen LogP contribution in [0.1, 0.15) is 29.2 Å². The number of primary amides is 2. The molecule has 0 saturated heterocycles. The van der Waals surface area contributed by atoms with Gasteiger partial charge in [0.25, 0.3) is 0 Å². The van der Waals surface area contributed by atoms with Crippen molar-refractivity contribution >= 4 is 47.5 Å². The number of amides is 4. The smallest absolute Gasteiger partial charge is 0.318 e. The first-order valence-corrected chi connectivity index (χ1v) is 14.0. The Hall–Kier alpha value is -3.40. The molecule has 0 bridgehead atoms. The summed E-state index contributed by atoms with van der Waals surface area (Å²) in [5.41, 5.74) is 14.7. The van der Waals surface area contributed by atoms with Gasteiger partial charge >= 0.3 is 12.1 Å². The largest absolute Gasteiger partial charge is 0.356 e. The molecule has 204 valence electrons. The van der Waals surface area contributed by atoms with E-state index >= 15 is 0 Å². The molecule has 2 aromatic rings. The van der Waals surface area contributed by atoms with Crippen LogP contribution in [0.5, 0.6) is 0 Å². The molecule has 0 spiro atoms. The second-order valence-electron chi connectivity index (χ2n) is 7.70. The fraction of sp³-hybridized carbons (Fsp3) is 0.524. The Labute approximate surface area is 224 Å². The van der Waals surface area contributed by atoms with Crippen molar-refractivity contribution < 1.29 is 9.59 Å². The first-order valence-electron chi connectivity index (χ1n) is 11.7. The number of aromatic nitrogens is 4. The maximum absolute atomic E-state index is 11.3. The Balaban J connectivity index is 1.67. The third-order valence-electron chi connectivity index (χ3n) is 4.78. The highest BCUT2D eigenvalue weighted by Gasteiger charge is 2.05. The third-order valence-corrected chi connectivity index (χ3v) is 6.68. The van der Waals surface area contributed by atoms with E-state index in [2.05, 4.69) is 51.2 Å². The van der Waals surface area contributed by atoms with Gasteiger partial charge < -0.3 is 32.1 Å². The zero-order valence-corrected chi connectivity index (χ0v) is 22.7. The van der Waals surface area contributed by atoms with Gasteiger partial charge in [-0.15, -0.1) is 0 Å². The van der Waals surface area contributed by atoms with Crippen molar-refractivity contribution in [3.8, 4) is 0 Å². The van der Waals surface area contributed by atoms with E-state index in [4.69, 9.17) is 11.5 Å². The third kappa shape index (κ3) is 12.9. The van der Waals surface area contributed by atoms with Crippen molar-refractivity contribution in [2.75, 3.05) is 37.7 Å². The van der Waals surface area contributed by atoms with Gasteiger partial charge in [0.1, 0.15) is 0 Å². The number of aryl methyl sites for hydroxylation is 2. The molecule has 10 N–H and O–H groups in total. The quantitative estimate of drug-likeness (QED) is 0.0937. The summed E-state index contributed by atoms with van der Waals surface area (Å²) in [6.07, 6.45) is 4.01. The van der Waals surface area contributed by atoms with Gasteiger partial charge in [-0.05, 0) is 20.3 Å². The van der Waals surface area contributed by atoms with Gasteiger partial charge in [-0.3, -0.25) is 20.6 Å². The second-order valence-corrected chi connectivity index (χ2v) is 9.91. The van der Waals surface area contributed by atoms with Crippen molar-refractivity contribution in [2.24, 2.45) is 21.5 Å². The van der Waals surface area contributed by atoms with Crippen LogP contribution < -0.4 is 32.7 Å². The van der Waals surface area contributed by atoms with Crippen molar-refractivity contribution in [3.63, 3.8) is 0 Å². The molecule has 0 aliphatic rings. The van der Waals surface area contributed by atoms with Gasteiger partial charge in [0.2, 0.25) is 0 Å². The van der Waals surface area contributed by atoms with Gasteiger partial charge in [-0.25, -0.2) is 19.6 Å². The van der Waals surface area contributed by atoms with Gasteiger partial charge in [-0.1, -0.05) is 0 Å². The maximum atomic E-state index is 11.3. The van der Waals surface area contributed by atoms with Crippen LogP contribution in [0, 0.1) is 13.8 Å². The molecule has 0 atom stereocenters. The highest BCUT2D eigenvalue weighted by molar-refractivity contribution is 7.98. The van der Waals surface area contributed by atoms with Gasteiger partial charge in [0.05, 0.1) is 37.1 Å². The lowest BCUT2D eigenvalue weighted by molar-refractivity contribution is 0.252. The molecular formula is C21H36N12O2S2. The van der Waals surface area contributed by atoms with Crippen molar-refractivity contribution in [1.82, 2.24) is 41.2 Å². The molecule has 2 rings (SSSR count). The zero-order valence-electron chi connectivity index (χ0n) is 21.1. The Morgan fingerprint density at radius 3 is 1.62 bits per heavy atom. The number of aliphatic imine (C=N–C) groups is 2. The minimum absolute atomic E-state index is 0.317. The monoisotopic (exact) mass is 552 g/mol. The van der Waals surface area contributed by atoms with E-state index in [-0.39, 0.29) is 0 Å². The molecule has 0 saturated carbocycles. The average Bonchev–Trinajstić information content (AvgIpc) is 3.44. The van der Waals surface area contributed by atoms with Crippen molar-refractivity contribution in [2.45, 2.75) is 31.8 Å². The zero-order chi connectivity index (χ0) is 26.9. The number of aromatic amines is 2. The van der Waals surface area contributed by atoms with Gasteiger partial charge in [0.15, 0.2) is 11.9 Å². The molecular weight excluding hydrogens is 516 g/mol. The van der Waals surface area contributed by atoms with Crippen LogP contribution in [0.25, 0.3) is 0 Å². The molecule has 0 aliphatic heterocycles. The number of urea groups is 2. The Bertz CT molecular complexity index is 956. The summed E-state index contributed by atoms with van der Waals surface area (Å²) in [7, 11) is 0. The van der Waals surface area contributed by atoms with E-state index in [1.807, 2.05) is 13.8 Å². The van der Waals surface area contributed by atoms with Crippen LogP contribution in [0.3, 0.4) is 0 Å². The molecule has 16 heteroatoms. The van der Waals surface area contributed by atoms with Crippen LogP contribution in [-0.2, 0) is 11.5 Å². The van der Waals surface area contributed by atoms with Crippen LogP contribution in [-0.4, -0.2) is 81.6 Å². The number of rotatable bonds is 14. The number of hydrogen-bond donors (Lipinski definition) is 8. The van der Waals surface area contributed by atoms with Crippen LogP contribution in [0.2, 0.25) is 0 Å². The Morgan fingerprint density at radius 2 is 1.27 bits per heavy atom. The van der Waals surface area contributed by atoms with E-state index in [9.17, 15) is 9.59 Å². The average molecular weight is 553 g/mol. The van der Waals surface area contributed by atoms with Gasteiger partial charge in [-0.2, -0.15) is 23.5 Å². The van der Waals surface area contributed by atoms with E-state index in [1.54, 1.807) is 36.2 Å². The normalized spacial score (nSPS) is 11.8. The SMILES string of the molecule is Cc1[nH]cnc1CSCC/N=C(\NCCCN/C(=N\CCSCc1nc[nH]c1C)NC(N)=O)NC(N)=O. The number of nitrogens with two attached hydrogens (primary N) is 2. The number of nitrogens with zero attached hydrogens (tertiary/aromatic N) is 4. The molecule has 0 fully saturated rings. The molecule has 0 aliphatic carbocycles. The molecule has 0 aromatic carbocycles. The summed E-state index contributed by atoms with van der Waals surface area (Å²) < 4.78 is 0. The predicted molar refractivity (Wildman–Crippen MR) is 150 cm³/mol. The fourth-order valence-corrected chi connectivity index (χ4v) is 4.56. The van der Waals surface area contributed by atoms with Crippen molar-refractivity contribution in [3.05, 3.63) is 35.4 Å². The minimum atomic E-state index is -0.690. The number of guanidine groups is 2. The lowest BCUT2D eigenvalue weighted by atomic mass is 10.4. The molecule has 0 unspecified atom stereocenters. The minimum Gasteiger partial charge on any atom is -0.356 e. The molecule has 2 heterocycles. The lowest BCUT2D eigenvalue weighted by Crippen LogP contribution is -2.46. The summed E-state index contributed by atoms with van der Waals surface area (Å²) in [5, 5.41) is 11.1. The lowest BCUT2D eigenvalue weighted by Gasteiger charge is -2.12. The van der Waals surface area contributed by atoms with Crippen LogP contribution in [0.4, 0.5) is 9.59 Å². The molecule has 37 heavy (non-hydrogen) atoms. The summed E-state index contributed by atoms with van der Waals surface area (Å²) in [4.78, 5) is 46.0. The van der Waals surface area contributed by atoms with E-state index in [1.165, 1.54) is 0 Å². The molecule has 4 amide bonds. The van der Waals surface area contributed by atoms with E-state index in [0.29, 0.717) is 44.5 Å². The molecule has 0 radical (unpaired) electrons. The summed E-state index contributed by atoms with van der Waals surface area (Å²) in [6.45, 7) is 6.00. The summed E-state index contributed by atoms with van der Waals surface area (Å²) in [5.74, 6) is 3.73. The number of imidazole rings is 2. The fourth-order valence-electron chi connectivity index (χ4n) is 2.86. The standard InChI is InChI=1S/C21H36N12O2S2/c1-14-16(30-12-28-14)10-36-8-6-26-20(32-18(22)34)24-4-3-5-25-21(33-19(23)35)27-7-9-37-11-17-15(2)29-13-31-17/h12-13H,3-11H2,1-2H3,(H,28,30)(H,29,31)(H4,22,24,26,32,34)(H4,23,25,27,33,35). The number of thioether (sulfide) groups is 2. The number of hydrogen-bond acceptors (Lipinski definition) is 8. The van der Waals surface area contributed by atoms with Crippen LogP contribution >= 0.6 is 23.5 Å². The first kappa shape index (κ1) is 29.8.